The second-order valence-corrected chi connectivity index (χ2v) is 8.14. The first-order valence-electron chi connectivity index (χ1n) is 8.80. The maximum Gasteiger partial charge on any atom is 0.270 e. The minimum atomic E-state index is -0.567. The lowest BCUT2D eigenvalue weighted by atomic mass is 9.91. The van der Waals surface area contributed by atoms with Crippen molar-refractivity contribution < 1.29 is 14.5 Å². The van der Waals surface area contributed by atoms with Gasteiger partial charge in [0.05, 0.1) is 28.3 Å². The highest BCUT2D eigenvalue weighted by Crippen LogP contribution is 2.40. The van der Waals surface area contributed by atoms with Gasteiger partial charge in [-0.3, -0.25) is 20.2 Å². The lowest BCUT2D eigenvalue weighted by Gasteiger charge is -2.17. The number of nitrogens with one attached hydrogen (secondary N) is 1. The number of carbonyl (C=O) groups excluding carboxylic acids is 1. The molecule has 0 radical (unpaired) electrons. The van der Waals surface area contributed by atoms with Crippen LogP contribution in [0.15, 0.2) is 30.3 Å². The van der Waals surface area contributed by atoms with Crippen molar-refractivity contribution in [3.8, 4) is 17.0 Å². The SMILES string of the molecule is COc1cc2c(cc1C)-c1nc(NC(=O)c3cc([N+](=O)[O-])ccc3Cl)sc1CC2. The number of nitrogens with zero attached hydrogens (tertiary/aromatic N) is 2. The molecule has 0 saturated carbocycles. The maximum absolute atomic E-state index is 12.6. The van der Waals surface area contributed by atoms with E-state index in [0.717, 1.165) is 51.9 Å². The molecular formula is C20H16ClN3O4S. The molecule has 1 heterocycles. The first kappa shape index (κ1) is 19.4. The van der Waals surface area contributed by atoms with Crippen LogP contribution in [-0.4, -0.2) is 22.9 Å². The third-order valence-corrected chi connectivity index (χ3v) is 6.18. The van der Waals surface area contributed by atoms with Gasteiger partial charge in [-0.2, -0.15) is 0 Å². The number of benzene rings is 2. The van der Waals surface area contributed by atoms with Gasteiger partial charge >= 0.3 is 0 Å². The molecule has 1 aromatic heterocycles. The number of carbonyl (C=O) groups is 1. The summed E-state index contributed by atoms with van der Waals surface area (Å²) in [5, 5.41) is 14.3. The second-order valence-electron chi connectivity index (χ2n) is 6.65. The number of rotatable bonds is 4. The fraction of sp³-hybridized carbons (Fsp3) is 0.200. The number of thiazole rings is 1. The van der Waals surface area contributed by atoms with Gasteiger partial charge in [0.1, 0.15) is 5.75 Å². The van der Waals surface area contributed by atoms with Gasteiger partial charge in [-0.25, -0.2) is 4.98 Å². The summed E-state index contributed by atoms with van der Waals surface area (Å²) in [5.41, 5.74) is 3.90. The van der Waals surface area contributed by atoms with E-state index < -0.39 is 10.8 Å². The minimum Gasteiger partial charge on any atom is -0.496 e. The normalized spacial score (nSPS) is 12.1. The van der Waals surface area contributed by atoms with E-state index in [0.29, 0.717) is 5.13 Å². The lowest BCUT2D eigenvalue weighted by Crippen LogP contribution is -2.12. The summed E-state index contributed by atoms with van der Waals surface area (Å²) in [6.07, 6.45) is 1.69. The van der Waals surface area contributed by atoms with Crippen molar-refractivity contribution in [2.24, 2.45) is 0 Å². The Morgan fingerprint density at radius 3 is 2.83 bits per heavy atom. The Labute approximate surface area is 175 Å². The predicted octanol–water partition coefficient (Wildman–Crippen LogP) is 5.04. The predicted molar refractivity (Wildman–Crippen MR) is 112 cm³/mol. The summed E-state index contributed by atoms with van der Waals surface area (Å²) in [7, 11) is 1.65. The number of anilines is 1. The molecule has 0 aliphatic heterocycles. The van der Waals surface area contributed by atoms with Gasteiger partial charge in [0, 0.05) is 22.6 Å². The molecule has 7 nitrogen and oxygen atoms in total. The zero-order chi connectivity index (χ0) is 20.7. The van der Waals surface area contributed by atoms with E-state index in [1.54, 1.807) is 7.11 Å². The van der Waals surface area contributed by atoms with Crippen LogP contribution in [0.25, 0.3) is 11.3 Å². The van der Waals surface area contributed by atoms with E-state index in [-0.39, 0.29) is 16.3 Å². The van der Waals surface area contributed by atoms with Crippen LogP contribution in [0.2, 0.25) is 5.02 Å². The van der Waals surface area contributed by atoms with Crippen LogP contribution < -0.4 is 10.1 Å². The molecule has 148 valence electrons. The molecule has 3 aromatic rings. The topological polar surface area (TPSA) is 94.4 Å². The summed E-state index contributed by atoms with van der Waals surface area (Å²) in [5.74, 6) is 0.312. The molecule has 0 atom stereocenters. The van der Waals surface area contributed by atoms with Crippen LogP contribution in [0.1, 0.15) is 26.4 Å². The smallest absolute Gasteiger partial charge is 0.270 e. The van der Waals surface area contributed by atoms with Crippen molar-refractivity contribution in [2.75, 3.05) is 12.4 Å². The van der Waals surface area contributed by atoms with Gasteiger partial charge < -0.3 is 4.74 Å². The maximum atomic E-state index is 12.6. The summed E-state index contributed by atoms with van der Waals surface area (Å²) in [6, 6.07) is 7.85. The lowest BCUT2D eigenvalue weighted by molar-refractivity contribution is -0.384. The zero-order valence-corrected chi connectivity index (χ0v) is 17.2. The number of nitro groups is 1. The van der Waals surface area contributed by atoms with Gasteiger partial charge in [0.15, 0.2) is 5.13 Å². The summed E-state index contributed by atoms with van der Waals surface area (Å²) < 4.78 is 5.41. The third kappa shape index (κ3) is 3.56. The van der Waals surface area contributed by atoms with Crippen LogP contribution in [0.3, 0.4) is 0 Å². The molecule has 2 aromatic carbocycles. The molecule has 1 aliphatic carbocycles. The average molecular weight is 430 g/mol. The number of nitro benzene ring substituents is 1. The molecule has 0 bridgehead atoms. The highest BCUT2D eigenvalue weighted by molar-refractivity contribution is 7.16. The van der Waals surface area contributed by atoms with Gasteiger partial charge in [0.25, 0.3) is 11.6 Å². The second kappa shape index (κ2) is 7.46. The Balaban J connectivity index is 1.65. The Morgan fingerprint density at radius 2 is 2.10 bits per heavy atom. The van der Waals surface area contributed by atoms with Crippen LogP contribution >= 0.6 is 22.9 Å². The van der Waals surface area contributed by atoms with Crippen LogP contribution in [0.4, 0.5) is 10.8 Å². The van der Waals surface area contributed by atoms with E-state index in [1.807, 2.05) is 13.0 Å². The first-order valence-corrected chi connectivity index (χ1v) is 9.99. The molecule has 4 rings (SSSR count). The summed E-state index contributed by atoms with van der Waals surface area (Å²) >= 11 is 7.47. The molecule has 0 spiro atoms. The number of non-ortho nitro benzene ring substituents is 1. The Kier molecular flexibility index (Phi) is 4.97. The van der Waals surface area contributed by atoms with E-state index >= 15 is 0 Å². The number of hydrogen-bond acceptors (Lipinski definition) is 6. The van der Waals surface area contributed by atoms with Crippen LogP contribution in [0.5, 0.6) is 5.75 Å². The number of aromatic nitrogens is 1. The Morgan fingerprint density at radius 1 is 1.31 bits per heavy atom. The van der Waals surface area contributed by atoms with Crippen molar-refractivity contribution in [1.82, 2.24) is 4.98 Å². The van der Waals surface area contributed by atoms with Crippen LogP contribution in [0, 0.1) is 17.0 Å². The molecule has 0 fully saturated rings. The number of halogens is 1. The zero-order valence-electron chi connectivity index (χ0n) is 15.6. The fourth-order valence-electron chi connectivity index (χ4n) is 3.38. The monoisotopic (exact) mass is 429 g/mol. The number of amides is 1. The molecule has 29 heavy (non-hydrogen) atoms. The van der Waals surface area contributed by atoms with Crippen LogP contribution in [-0.2, 0) is 12.8 Å². The molecule has 0 saturated heterocycles. The quantitative estimate of drug-likeness (QED) is 0.463. The summed E-state index contributed by atoms with van der Waals surface area (Å²) in [4.78, 5) is 28.7. The Bertz CT molecular complexity index is 1160. The van der Waals surface area contributed by atoms with Gasteiger partial charge in [-0.05, 0) is 49.1 Å². The highest BCUT2D eigenvalue weighted by atomic mass is 35.5. The molecular weight excluding hydrogens is 414 g/mol. The van der Waals surface area contributed by atoms with E-state index in [2.05, 4.69) is 16.4 Å². The van der Waals surface area contributed by atoms with Crippen molar-refractivity contribution in [3.05, 3.63) is 67.0 Å². The molecule has 9 heteroatoms. The van der Waals surface area contributed by atoms with Crippen molar-refractivity contribution in [2.45, 2.75) is 19.8 Å². The number of aryl methyl sites for hydroxylation is 3. The fourth-order valence-corrected chi connectivity index (χ4v) is 4.55. The van der Waals surface area contributed by atoms with Gasteiger partial charge in [0.2, 0.25) is 0 Å². The molecule has 1 amide bonds. The molecule has 0 unspecified atom stereocenters. The van der Waals surface area contributed by atoms with Crippen molar-refractivity contribution in [1.29, 1.82) is 0 Å². The number of methoxy groups -OCH3 is 1. The van der Waals surface area contributed by atoms with E-state index in [1.165, 1.54) is 23.5 Å². The number of hydrogen-bond donors (Lipinski definition) is 1. The highest BCUT2D eigenvalue weighted by Gasteiger charge is 2.24. The minimum absolute atomic E-state index is 0.0371. The number of ether oxygens (including phenoxy) is 1. The molecule has 1 aliphatic rings. The third-order valence-electron chi connectivity index (χ3n) is 4.82. The average Bonchev–Trinajstić information content (AvgIpc) is 3.10. The van der Waals surface area contributed by atoms with Crippen molar-refractivity contribution in [3.63, 3.8) is 0 Å². The number of fused-ring (bicyclic) bond motifs is 3. The standard InChI is InChI=1S/C20H16ClN3O4S/c1-10-7-13-11(8-16(10)28-2)3-6-17-18(13)22-20(29-17)23-19(25)14-9-12(24(26)27)4-5-15(14)21/h4-5,7-9H,3,6H2,1-2H3,(H,22,23,25). The van der Waals surface area contributed by atoms with Crippen molar-refractivity contribution >= 4 is 39.7 Å². The van der Waals surface area contributed by atoms with Gasteiger partial charge in [-0.1, -0.05) is 11.6 Å². The Hall–Kier alpha value is -2.97. The molecule has 1 N–H and O–H groups in total. The van der Waals surface area contributed by atoms with Gasteiger partial charge in [-0.15, -0.1) is 11.3 Å². The van der Waals surface area contributed by atoms with E-state index in [4.69, 9.17) is 16.3 Å². The first-order chi connectivity index (χ1) is 13.9. The van der Waals surface area contributed by atoms with E-state index in [9.17, 15) is 14.9 Å². The summed E-state index contributed by atoms with van der Waals surface area (Å²) in [6.45, 7) is 1.98. The largest absolute Gasteiger partial charge is 0.496 e.